The van der Waals surface area contributed by atoms with Gasteiger partial charge in [0.1, 0.15) is 0 Å². The van der Waals surface area contributed by atoms with E-state index in [0.29, 0.717) is 6.61 Å². The quantitative estimate of drug-likeness (QED) is 0.263. The topological polar surface area (TPSA) is 26.3 Å². The van der Waals surface area contributed by atoms with E-state index in [2.05, 4.69) is 4.74 Å². The summed E-state index contributed by atoms with van der Waals surface area (Å²) in [4.78, 5) is 9.89. The molecule has 0 aliphatic heterocycles. The second kappa shape index (κ2) is 6.77. The number of carbonyl (C=O) groups is 1. The van der Waals surface area contributed by atoms with Gasteiger partial charge >= 0.3 is 22.4 Å². The van der Waals surface area contributed by atoms with Gasteiger partial charge in [-0.15, -0.1) is 0 Å². The van der Waals surface area contributed by atoms with Crippen molar-refractivity contribution >= 4 is 5.97 Å². The molecule has 0 bridgehead atoms. The van der Waals surface area contributed by atoms with E-state index in [1.165, 1.54) is 0 Å². The molecular weight excluding hydrogens is 200 g/mol. The summed E-state index contributed by atoms with van der Waals surface area (Å²) in [6, 6.07) is 0. The summed E-state index contributed by atoms with van der Waals surface area (Å²) >= 11 is 0. The van der Waals surface area contributed by atoms with Crippen molar-refractivity contribution < 1.29 is 31.9 Å². The van der Waals surface area contributed by atoms with Crippen LogP contribution >= 0.6 is 0 Å². The molecular formula is C5H5AgO2. The van der Waals surface area contributed by atoms with Gasteiger partial charge in [0, 0.05) is 0 Å². The summed E-state index contributed by atoms with van der Waals surface area (Å²) in [5, 5.41) is 0. The van der Waals surface area contributed by atoms with E-state index < -0.39 is 5.97 Å². The van der Waals surface area contributed by atoms with E-state index in [4.69, 9.17) is 6.42 Å². The minimum absolute atomic E-state index is 0. The summed E-state index contributed by atoms with van der Waals surface area (Å²) in [6.07, 6.45) is 6.19. The van der Waals surface area contributed by atoms with E-state index in [1.54, 1.807) is 12.8 Å². The van der Waals surface area contributed by atoms with Crippen LogP contribution in [0.3, 0.4) is 0 Å². The van der Waals surface area contributed by atoms with Crippen molar-refractivity contribution in [2.24, 2.45) is 0 Å². The number of esters is 1. The fraction of sp³-hybridized carbons (Fsp3) is 0.400. The molecule has 0 unspecified atom stereocenters. The molecule has 0 aromatic rings. The molecule has 0 saturated carbocycles. The Hall–Kier alpha value is -0.230. The number of hydrogen-bond donors (Lipinski definition) is 0. The van der Waals surface area contributed by atoms with Gasteiger partial charge in [-0.25, -0.2) is 5.92 Å². The minimum Gasteiger partial charge on any atom is -0.542 e. The van der Waals surface area contributed by atoms with Crippen LogP contribution in [0.2, 0.25) is 0 Å². The third-order valence-corrected chi connectivity index (χ3v) is 0.377. The van der Waals surface area contributed by atoms with Gasteiger partial charge < -0.3 is 16.0 Å². The van der Waals surface area contributed by atoms with Crippen LogP contribution in [0.5, 0.6) is 0 Å². The Morgan fingerprint density at radius 1 is 1.88 bits per heavy atom. The van der Waals surface area contributed by atoms with Gasteiger partial charge in [-0.2, -0.15) is 0 Å². The fourth-order valence-electron chi connectivity index (χ4n) is 0.167. The van der Waals surface area contributed by atoms with Gasteiger partial charge in [0.25, 0.3) is 0 Å². The summed E-state index contributed by atoms with van der Waals surface area (Å²) in [5.74, 6) is 0.849. The molecule has 0 amide bonds. The molecule has 8 heavy (non-hydrogen) atoms. The van der Waals surface area contributed by atoms with Crippen LogP contribution < -0.4 is 0 Å². The van der Waals surface area contributed by atoms with Crippen molar-refractivity contribution in [3.05, 3.63) is 6.42 Å². The predicted octanol–water partition coefficient (Wildman–Crippen LogP) is 0.137. The number of rotatable bonds is 1. The largest absolute Gasteiger partial charge is 1.00 e. The minimum atomic E-state index is -0.706. The molecule has 0 aliphatic carbocycles. The fourth-order valence-corrected chi connectivity index (χ4v) is 0.167. The normalized spacial score (nSPS) is 6.00. The molecule has 0 aromatic heterocycles. The average Bonchev–Trinajstić information content (AvgIpc) is 1.68. The van der Waals surface area contributed by atoms with Crippen LogP contribution in [0.15, 0.2) is 0 Å². The maximum atomic E-state index is 9.89. The Morgan fingerprint density at radius 2 is 2.38 bits per heavy atom. The molecule has 0 saturated heterocycles. The van der Waals surface area contributed by atoms with E-state index >= 15 is 0 Å². The molecule has 0 heterocycles. The predicted molar refractivity (Wildman–Crippen MR) is 23.8 cm³/mol. The van der Waals surface area contributed by atoms with Crippen LogP contribution in [-0.2, 0) is 31.9 Å². The monoisotopic (exact) mass is 204 g/mol. The molecule has 0 atom stereocenters. The van der Waals surface area contributed by atoms with Crippen molar-refractivity contribution in [3.8, 4) is 5.92 Å². The molecule has 0 aliphatic rings. The second-order valence-corrected chi connectivity index (χ2v) is 0.845. The van der Waals surface area contributed by atoms with Crippen LogP contribution in [0.25, 0.3) is 0 Å². The molecule has 0 radical (unpaired) electrons. The van der Waals surface area contributed by atoms with Crippen LogP contribution in [0.1, 0.15) is 6.92 Å². The number of hydrogen-bond acceptors (Lipinski definition) is 2. The van der Waals surface area contributed by atoms with Crippen molar-refractivity contribution in [1.29, 1.82) is 0 Å². The van der Waals surface area contributed by atoms with Gasteiger partial charge in [0.2, 0.25) is 5.97 Å². The van der Waals surface area contributed by atoms with Crippen molar-refractivity contribution in [1.82, 2.24) is 0 Å². The molecule has 48 valence electrons. The second-order valence-electron chi connectivity index (χ2n) is 0.845. The summed E-state index contributed by atoms with van der Waals surface area (Å²) in [5.41, 5.74) is 0. The van der Waals surface area contributed by atoms with Crippen molar-refractivity contribution in [2.75, 3.05) is 6.61 Å². The van der Waals surface area contributed by atoms with E-state index in [-0.39, 0.29) is 22.4 Å². The van der Waals surface area contributed by atoms with Crippen LogP contribution in [0, 0.1) is 12.3 Å². The Bertz CT molecular complexity index is 103. The summed E-state index contributed by atoms with van der Waals surface area (Å²) in [7, 11) is 0. The summed E-state index contributed by atoms with van der Waals surface area (Å²) < 4.78 is 4.25. The Kier molecular flexibility index (Phi) is 9.05. The third-order valence-electron chi connectivity index (χ3n) is 0.377. The molecule has 3 heteroatoms. The van der Waals surface area contributed by atoms with Crippen molar-refractivity contribution in [3.63, 3.8) is 0 Å². The first-order valence-corrected chi connectivity index (χ1v) is 1.90. The molecule has 0 spiro atoms. The zero-order chi connectivity index (χ0) is 5.70. The van der Waals surface area contributed by atoms with Crippen molar-refractivity contribution in [2.45, 2.75) is 6.92 Å². The Morgan fingerprint density at radius 3 is 2.50 bits per heavy atom. The SMILES string of the molecule is [Ag+].[C-]#CC(=O)OCC. The standard InChI is InChI=1S/C5H5O2.Ag/c1-3-5(6)7-4-2;/h4H2,2H3;/q-1;+1. The first-order chi connectivity index (χ1) is 3.31. The van der Waals surface area contributed by atoms with Gasteiger partial charge in [0.15, 0.2) is 0 Å². The summed E-state index contributed by atoms with van der Waals surface area (Å²) in [6.45, 7) is 1.99. The van der Waals surface area contributed by atoms with Gasteiger partial charge in [-0.1, -0.05) is 0 Å². The zero-order valence-electron chi connectivity index (χ0n) is 4.33. The molecule has 0 N–H and O–H groups in total. The molecule has 0 fully saturated rings. The smallest absolute Gasteiger partial charge is 0.542 e. The number of ether oxygens (including phenoxy) is 1. The maximum Gasteiger partial charge on any atom is 1.00 e. The Labute approximate surface area is 64.1 Å². The van der Waals surface area contributed by atoms with Crippen LogP contribution in [0.4, 0.5) is 0 Å². The number of carbonyl (C=O) groups excluding carboxylic acids is 1. The van der Waals surface area contributed by atoms with E-state index in [0.717, 1.165) is 0 Å². The Balaban J connectivity index is 0. The molecule has 0 rings (SSSR count). The first kappa shape index (κ1) is 10.7. The van der Waals surface area contributed by atoms with Gasteiger partial charge in [0.05, 0.1) is 6.61 Å². The van der Waals surface area contributed by atoms with Gasteiger partial charge in [-0.3, -0.25) is 0 Å². The zero-order valence-corrected chi connectivity index (χ0v) is 5.81. The van der Waals surface area contributed by atoms with Crippen LogP contribution in [-0.4, -0.2) is 12.6 Å². The maximum absolute atomic E-state index is 9.89. The van der Waals surface area contributed by atoms with E-state index in [1.807, 2.05) is 0 Å². The van der Waals surface area contributed by atoms with Gasteiger partial charge in [-0.05, 0) is 6.92 Å². The molecule has 2 nitrogen and oxygen atoms in total. The average molecular weight is 205 g/mol. The third kappa shape index (κ3) is 5.77. The molecule has 0 aromatic carbocycles. The van der Waals surface area contributed by atoms with E-state index in [9.17, 15) is 4.79 Å². The first-order valence-electron chi connectivity index (χ1n) is 1.90.